The number of hydrogen-bond donors (Lipinski definition) is 3. The first-order valence-corrected chi connectivity index (χ1v) is 5.79. The molecule has 1 heterocycles. The summed E-state index contributed by atoms with van der Waals surface area (Å²) in [6, 6.07) is 1.23. The van der Waals surface area contributed by atoms with Crippen LogP contribution in [0.5, 0.6) is 0 Å². The molecule has 1 unspecified atom stereocenters. The second-order valence-corrected chi connectivity index (χ2v) is 4.68. The third kappa shape index (κ3) is 2.79. The monoisotopic (exact) mass is 218 g/mol. The summed E-state index contributed by atoms with van der Waals surface area (Å²) in [6.45, 7) is 2.13. The van der Waals surface area contributed by atoms with Gasteiger partial charge < -0.3 is 5.73 Å². The van der Waals surface area contributed by atoms with Gasteiger partial charge in [0.15, 0.2) is 5.03 Å². The summed E-state index contributed by atoms with van der Waals surface area (Å²) < 4.78 is 25.3. The van der Waals surface area contributed by atoms with Crippen molar-refractivity contribution in [3.8, 4) is 0 Å². The summed E-state index contributed by atoms with van der Waals surface area (Å²) in [7, 11) is -3.47. The Morgan fingerprint density at radius 3 is 2.93 bits per heavy atom. The maximum Gasteiger partial charge on any atom is 0.257 e. The summed E-state index contributed by atoms with van der Waals surface area (Å²) in [5.74, 6) is 0. The average molecular weight is 218 g/mol. The van der Waals surface area contributed by atoms with Crippen molar-refractivity contribution < 1.29 is 8.42 Å². The van der Waals surface area contributed by atoms with Gasteiger partial charge in [-0.15, -0.1) is 0 Å². The van der Waals surface area contributed by atoms with Crippen LogP contribution in [0.2, 0.25) is 0 Å². The quantitative estimate of drug-likeness (QED) is 0.615. The first kappa shape index (κ1) is 11.2. The SMILES string of the molecule is CCC(N)CNS(=O)(=O)c1ccn[nH]1. The van der Waals surface area contributed by atoms with E-state index in [0.717, 1.165) is 6.42 Å². The fourth-order valence-electron chi connectivity index (χ4n) is 0.832. The lowest BCUT2D eigenvalue weighted by Crippen LogP contribution is -2.36. The lowest BCUT2D eigenvalue weighted by atomic mass is 10.2. The predicted octanol–water partition coefficient (Wildman–Crippen LogP) is -0.575. The van der Waals surface area contributed by atoms with Gasteiger partial charge in [0.2, 0.25) is 0 Å². The summed E-state index contributed by atoms with van der Waals surface area (Å²) in [6.07, 6.45) is 2.11. The van der Waals surface area contributed by atoms with Gasteiger partial charge in [0.05, 0.1) is 6.20 Å². The lowest BCUT2D eigenvalue weighted by molar-refractivity contribution is 0.560. The minimum absolute atomic E-state index is 0.0563. The van der Waals surface area contributed by atoms with E-state index in [4.69, 9.17) is 5.73 Å². The summed E-state index contributed by atoms with van der Waals surface area (Å²) >= 11 is 0. The van der Waals surface area contributed by atoms with E-state index in [9.17, 15) is 8.42 Å². The molecule has 6 nitrogen and oxygen atoms in total. The average Bonchev–Trinajstić information content (AvgIpc) is 2.67. The van der Waals surface area contributed by atoms with E-state index in [-0.39, 0.29) is 17.6 Å². The number of nitrogens with one attached hydrogen (secondary N) is 2. The predicted molar refractivity (Wildman–Crippen MR) is 52.0 cm³/mol. The number of aromatic nitrogens is 2. The second kappa shape index (κ2) is 4.54. The molecule has 4 N–H and O–H groups in total. The van der Waals surface area contributed by atoms with Crippen molar-refractivity contribution in [3.63, 3.8) is 0 Å². The Labute approximate surface area is 82.9 Å². The molecule has 80 valence electrons. The lowest BCUT2D eigenvalue weighted by Gasteiger charge is -2.09. The molecular formula is C7H14N4O2S. The van der Waals surface area contributed by atoms with Crippen molar-refractivity contribution in [1.29, 1.82) is 0 Å². The molecule has 14 heavy (non-hydrogen) atoms. The zero-order valence-corrected chi connectivity index (χ0v) is 8.71. The molecule has 0 radical (unpaired) electrons. The molecule has 1 aromatic heterocycles. The molecule has 0 aliphatic carbocycles. The van der Waals surface area contributed by atoms with Crippen LogP contribution in [0.4, 0.5) is 0 Å². The van der Waals surface area contributed by atoms with Gasteiger partial charge in [-0.05, 0) is 12.5 Å². The number of rotatable bonds is 5. The third-order valence-electron chi connectivity index (χ3n) is 1.82. The maximum atomic E-state index is 11.5. The number of nitrogens with zero attached hydrogens (tertiary/aromatic N) is 1. The van der Waals surface area contributed by atoms with E-state index in [1.54, 1.807) is 0 Å². The van der Waals surface area contributed by atoms with E-state index in [1.807, 2.05) is 6.92 Å². The highest BCUT2D eigenvalue weighted by Crippen LogP contribution is 2.01. The fraction of sp³-hybridized carbons (Fsp3) is 0.571. The minimum Gasteiger partial charge on any atom is -0.327 e. The molecule has 0 saturated heterocycles. The van der Waals surface area contributed by atoms with Crippen LogP contribution in [0.25, 0.3) is 0 Å². The Kier molecular flexibility index (Phi) is 3.62. The molecule has 0 saturated carbocycles. The molecule has 0 aliphatic rings. The molecule has 0 fully saturated rings. The minimum atomic E-state index is -3.47. The third-order valence-corrected chi connectivity index (χ3v) is 3.18. The smallest absolute Gasteiger partial charge is 0.257 e. The van der Waals surface area contributed by atoms with E-state index in [1.165, 1.54) is 12.3 Å². The molecule has 0 aliphatic heterocycles. The fourth-order valence-corrected chi connectivity index (χ4v) is 1.83. The van der Waals surface area contributed by atoms with Crippen LogP contribution in [0, 0.1) is 0 Å². The van der Waals surface area contributed by atoms with Crippen LogP contribution in [-0.2, 0) is 10.0 Å². The maximum absolute atomic E-state index is 11.5. The van der Waals surface area contributed by atoms with Crippen molar-refractivity contribution in [3.05, 3.63) is 12.3 Å². The summed E-state index contributed by atoms with van der Waals surface area (Å²) in [5.41, 5.74) is 5.58. The molecular weight excluding hydrogens is 204 g/mol. The number of sulfonamides is 1. The topological polar surface area (TPSA) is 101 Å². The molecule has 0 bridgehead atoms. The van der Waals surface area contributed by atoms with Gasteiger partial charge in [0.25, 0.3) is 10.0 Å². The van der Waals surface area contributed by atoms with Crippen LogP contribution in [0.15, 0.2) is 17.3 Å². The van der Waals surface area contributed by atoms with Gasteiger partial charge in [-0.25, -0.2) is 13.1 Å². The number of H-pyrrole nitrogens is 1. The zero-order valence-electron chi connectivity index (χ0n) is 7.90. The van der Waals surface area contributed by atoms with E-state index < -0.39 is 10.0 Å². The number of aromatic amines is 1. The Bertz CT molecular complexity index is 359. The first-order chi connectivity index (χ1) is 6.56. The standard InChI is InChI=1S/C7H14N4O2S/c1-2-6(8)5-10-14(12,13)7-3-4-9-11-7/h3-4,6,10H,2,5,8H2,1H3,(H,9,11). The van der Waals surface area contributed by atoms with Crippen LogP contribution in [0.3, 0.4) is 0 Å². The highest BCUT2D eigenvalue weighted by molar-refractivity contribution is 7.89. The van der Waals surface area contributed by atoms with Crippen molar-refractivity contribution in [2.45, 2.75) is 24.4 Å². The van der Waals surface area contributed by atoms with Gasteiger partial charge >= 0.3 is 0 Å². The number of hydrogen-bond acceptors (Lipinski definition) is 4. The van der Waals surface area contributed by atoms with Gasteiger partial charge in [0, 0.05) is 12.6 Å². The van der Waals surface area contributed by atoms with E-state index in [2.05, 4.69) is 14.9 Å². The van der Waals surface area contributed by atoms with Crippen molar-refractivity contribution in [2.75, 3.05) is 6.54 Å². The molecule has 1 rings (SSSR count). The van der Waals surface area contributed by atoms with Gasteiger partial charge in [-0.1, -0.05) is 6.92 Å². The van der Waals surface area contributed by atoms with Crippen LogP contribution < -0.4 is 10.5 Å². The largest absolute Gasteiger partial charge is 0.327 e. The Balaban J connectivity index is 2.60. The Morgan fingerprint density at radius 2 is 2.43 bits per heavy atom. The summed E-state index contributed by atoms with van der Waals surface area (Å²) in [5, 5.41) is 5.99. The van der Waals surface area contributed by atoms with Gasteiger partial charge in [-0.3, -0.25) is 5.10 Å². The van der Waals surface area contributed by atoms with Crippen molar-refractivity contribution >= 4 is 10.0 Å². The Morgan fingerprint density at radius 1 is 1.71 bits per heavy atom. The van der Waals surface area contributed by atoms with Crippen molar-refractivity contribution in [1.82, 2.24) is 14.9 Å². The molecule has 1 aromatic rings. The number of nitrogens with two attached hydrogens (primary N) is 1. The zero-order chi connectivity index (χ0) is 10.6. The molecule has 1 atom stereocenters. The highest BCUT2D eigenvalue weighted by atomic mass is 32.2. The molecule has 0 aromatic carbocycles. The first-order valence-electron chi connectivity index (χ1n) is 4.31. The molecule has 0 amide bonds. The van der Waals surface area contributed by atoms with E-state index in [0.29, 0.717) is 0 Å². The van der Waals surface area contributed by atoms with Crippen LogP contribution >= 0.6 is 0 Å². The normalized spacial score (nSPS) is 14.1. The van der Waals surface area contributed by atoms with Crippen LogP contribution in [0.1, 0.15) is 13.3 Å². The molecule has 0 spiro atoms. The molecule has 7 heteroatoms. The van der Waals surface area contributed by atoms with E-state index >= 15 is 0 Å². The van der Waals surface area contributed by atoms with Gasteiger partial charge in [0.1, 0.15) is 0 Å². The second-order valence-electron chi connectivity index (χ2n) is 2.94. The highest BCUT2D eigenvalue weighted by Gasteiger charge is 2.15. The van der Waals surface area contributed by atoms with Gasteiger partial charge in [-0.2, -0.15) is 5.10 Å². The Hall–Kier alpha value is -0.920. The van der Waals surface area contributed by atoms with Crippen LogP contribution in [-0.4, -0.2) is 31.2 Å². The van der Waals surface area contributed by atoms with Crippen molar-refractivity contribution in [2.24, 2.45) is 5.73 Å². The summed E-state index contributed by atoms with van der Waals surface area (Å²) in [4.78, 5) is 0.